The summed E-state index contributed by atoms with van der Waals surface area (Å²) in [6.45, 7) is 2.40. The number of hydroxylamine groups is 2. The van der Waals surface area contributed by atoms with Crippen molar-refractivity contribution in [2.45, 2.75) is 31.6 Å². The predicted octanol–water partition coefficient (Wildman–Crippen LogP) is 4.72. The first-order valence-corrected chi connectivity index (χ1v) is 9.79. The van der Waals surface area contributed by atoms with Crippen LogP contribution in [0.3, 0.4) is 0 Å². The van der Waals surface area contributed by atoms with Gasteiger partial charge in [0.2, 0.25) is 0 Å². The van der Waals surface area contributed by atoms with Crippen molar-refractivity contribution in [2.75, 3.05) is 26.8 Å². The van der Waals surface area contributed by atoms with Crippen molar-refractivity contribution in [1.29, 1.82) is 0 Å². The minimum atomic E-state index is -0.299. The number of methoxy groups -OCH3 is 1. The molecule has 0 radical (unpaired) electrons. The summed E-state index contributed by atoms with van der Waals surface area (Å²) in [7, 11) is 1.70. The first-order valence-electron chi connectivity index (χ1n) is 9.79. The summed E-state index contributed by atoms with van der Waals surface area (Å²) in [5.41, 5.74) is 2.66. The Morgan fingerprint density at radius 1 is 1.18 bits per heavy atom. The number of halogens is 1. The topological polar surface area (TPSA) is 47.7 Å². The lowest BCUT2D eigenvalue weighted by molar-refractivity contribution is -0.171. The summed E-state index contributed by atoms with van der Waals surface area (Å²) >= 11 is 0. The van der Waals surface area contributed by atoms with Gasteiger partial charge in [0.25, 0.3) is 0 Å². The van der Waals surface area contributed by atoms with Gasteiger partial charge in [-0.3, -0.25) is 4.84 Å². The normalized spacial score (nSPS) is 15.9. The third-order valence-corrected chi connectivity index (χ3v) is 5.36. The summed E-state index contributed by atoms with van der Waals surface area (Å²) in [5.74, 6) is 0.953. The number of rotatable bonds is 7. The number of aryl methyl sites for hydroxylation is 1. The number of hydrogen-bond donors (Lipinski definition) is 0. The molecule has 148 valence electrons. The number of para-hydroxylation sites is 1. The molecular formula is C22H25FN2O3. The average Bonchev–Trinajstić information content (AvgIpc) is 3.15. The zero-order valence-corrected chi connectivity index (χ0v) is 16.1. The Balaban J connectivity index is 1.24. The van der Waals surface area contributed by atoms with Crippen LogP contribution in [-0.4, -0.2) is 37.0 Å². The minimum absolute atomic E-state index is 0.299. The van der Waals surface area contributed by atoms with E-state index in [-0.39, 0.29) is 5.82 Å². The van der Waals surface area contributed by atoms with Crippen LogP contribution in [0.4, 0.5) is 4.39 Å². The average molecular weight is 384 g/mol. The number of piperidine rings is 1. The van der Waals surface area contributed by atoms with Gasteiger partial charge < -0.3 is 9.26 Å². The number of fused-ring (bicyclic) bond motifs is 1. The fourth-order valence-corrected chi connectivity index (χ4v) is 3.85. The maximum absolute atomic E-state index is 13.3. The Morgan fingerprint density at radius 2 is 2.00 bits per heavy atom. The lowest BCUT2D eigenvalue weighted by Gasteiger charge is -2.30. The first-order chi connectivity index (χ1) is 13.7. The van der Waals surface area contributed by atoms with Crippen molar-refractivity contribution in [1.82, 2.24) is 10.2 Å². The zero-order chi connectivity index (χ0) is 19.3. The van der Waals surface area contributed by atoms with Crippen molar-refractivity contribution in [2.24, 2.45) is 0 Å². The molecule has 0 amide bonds. The van der Waals surface area contributed by atoms with Crippen LogP contribution >= 0.6 is 0 Å². The Bertz CT molecular complexity index is 919. The predicted molar refractivity (Wildman–Crippen MR) is 105 cm³/mol. The van der Waals surface area contributed by atoms with E-state index >= 15 is 0 Å². The van der Waals surface area contributed by atoms with Gasteiger partial charge in [0.05, 0.1) is 19.4 Å². The Hall–Kier alpha value is -2.44. The molecule has 0 N–H and O–H groups in total. The monoisotopic (exact) mass is 384 g/mol. The van der Waals surface area contributed by atoms with Gasteiger partial charge in [0.1, 0.15) is 11.6 Å². The van der Waals surface area contributed by atoms with Crippen LogP contribution in [0.5, 0.6) is 5.75 Å². The summed E-state index contributed by atoms with van der Waals surface area (Å²) < 4.78 is 24.0. The third-order valence-electron chi connectivity index (χ3n) is 5.36. The fraction of sp³-hybridized carbons (Fsp3) is 0.409. The second-order valence-corrected chi connectivity index (χ2v) is 7.16. The van der Waals surface area contributed by atoms with Crippen molar-refractivity contribution in [3.8, 4) is 5.75 Å². The highest BCUT2D eigenvalue weighted by Crippen LogP contribution is 2.32. The van der Waals surface area contributed by atoms with Crippen LogP contribution in [0.1, 0.15) is 36.4 Å². The van der Waals surface area contributed by atoms with E-state index in [4.69, 9.17) is 14.1 Å². The molecule has 2 heterocycles. The summed E-state index contributed by atoms with van der Waals surface area (Å²) in [4.78, 5) is 5.95. The summed E-state index contributed by atoms with van der Waals surface area (Å²) in [5, 5.41) is 7.15. The first kappa shape index (κ1) is 18.9. The Morgan fingerprint density at radius 3 is 2.82 bits per heavy atom. The SMILES string of the molecule is COc1ccccc1CCCON1CCC(c2noc3cc(F)ccc23)CC1. The molecule has 28 heavy (non-hydrogen) atoms. The molecule has 1 fully saturated rings. The number of ether oxygens (including phenoxy) is 1. The molecule has 1 aliphatic rings. The lowest BCUT2D eigenvalue weighted by atomic mass is 9.92. The van der Waals surface area contributed by atoms with Gasteiger partial charge >= 0.3 is 0 Å². The van der Waals surface area contributed by atoms with Gasteiger partial charge in [0, 0.05) is 30.5 Å². The molecule has 2 aromatic carbocycles. The van der Waals surface area contributed by atoms with Crippen LogP contribution in [0, 0.1) is 5.82 Å². The highest BCUT2D eigenvalue weighted by molar-refractivity contribution is 5.79. The van der Waals surface area contributed by atoms with Crippen molar-refractivity contribution in [3.05, 3.63) is 59.5 Å². The minimum Gasteiger partial charge on any atom is -0.496 e. The molecule has 0 saturated carbocycles. The molecule has 1 aliphatic heterocycles. The molecule has 1 saturated heterocycles. The fourth-order valence-electron chi connectivity index (χ4n) is 3.85. The van der Waals surface area contributed by atoms with Gasteiger partial charge in [0.15, 0.2) is 5.58 Å². The van der Waals surface area contributed by atoms with E-state index < -0.39 is 0 Å². The largest absolute Gasteiger partial charge is 0.496 e. The molecular weight excluding hydrogens is 359 g/mol. The standard InChI is InChI=1S/C22H25FN2O3/c1-26-20-7-3-2-5-16(20)6-4-14-27-25-12-10-17(11-13-25)22-19-9-8-18(23)15-21(19)28-24-22/h2-3,5,7-9,15,17H,4,6,10-14H2,1H3. The van der Waals surface area contributed by atoms with E-state index in [0.717, 1.165) is 55.6 Å². The van der Waals surface area contributed by atoms with E-state index in [1.54, 1.807) is 13.2 Å². The van der Waals surface area contributed by atoms with E-state index in [2.05, 4.69) is 11.2 Å². The van der Waals surface area contributed by atoms with Gasteiger partial charge in [-0.05, 0) is 49.4 Å². The van der Waals surface area contributed by atoms with E-state index in [1.807, 2.05) is 23.3 Å². The van der Waals surface area contributed by atoms with Crippen LogP contribution in [0.15, 0.2) is 47.0 Å². The van der Waals surface area contributed by atoms with Gasteiger partial charge in [-0.15, -0.1) is 0 Å². The second-order valence-electron chi connectivity index (χ2n) is 7.16. The molecule has 0 unspecified atom stereocenters. The van der Waals surface area contributed by atoms with Crippen molar-refractivity contribution >= 4 is 11.0 Å². The molecule has 0 spiro atoms. The second kappa shape index (κ2) is 8.71. The maximum atomic E-state index is 13.3. The van der Waals surface area contributed by atoms with Crippen molar-refractivity contribution in [3.63, 3.8) is 0 Å². The molecule has 0 aliphatic carbocycles. The number of hydrogen-bond acceptors (Lipinski definition) is 5. The summed E-state index contributed by atoms with van der Waals surface area (Å²) in [6.07, 6.45) is 3.78. The Kier molecular flexibility index (Phi) is 5.88. The van der Waals surface area contributed by atoms with Gasteiger partial charge in [-0.2, -0.15) is 5.06 Å². The van der Waals surface area contributed by atoms with Crippen LogP contribution in [-0.2, 0) is 11.3 Å². The van der Waals surface area contributed by atoms with E-state index in [1.165, 1.54) is 17.7 Å². The smallest absolute Gasteiger partial charge is 0.170 e. The Labute approximate surface area is 164 Å². The number of aromatic nitrogens is 1. The quantitative estimate of drug-likeness (QED) is 0.552. The highest BCUT2D eigenvalue weighted by Gasteiger charge is 2.25. The van der Waals surface area contributed by atoms with Crippen LogP contribution in [0.2, 0.25) is 0 Å². The summed E-state index contributed by atoms with van der Waals surface area (Å²) in [6, 6.07) is 12.7. The van der Waals surface area contributed by atoms with Gasteiger partial charge in [-0.25, -0.2) is 4.39 Å². The molecule has 0 bridgehead atoms. The van der Waals surface area contributed by atoms with E-state index in [0.29, 0.717) is 18.1 Å². The lowest BCUT2D eigenvalue weighted by Crippen LogP contribution is -2.33. The molecule has 0 atom stereocenters. The maximum Gasteiger partial charge on any atom is 0.170 e. The molecule has 6 heteroatoms. The molecule has 5 nitrogen and oxygen atoms in total. The van der Waals surface area contributed by atoms with Crippen LogP contribution < -0.4 is 4.74 Å². The highest BCUT2D eigenvalue weighted by atomic mass is 19.1. The van der Waals surface area contributed by atoms with Gasteiger partial charge in [-0.1, -0.05) is 23.4 Å². The number of benzene rings is 2. The molecule has 3 aromatic rings. The zero-order valence-electron chi connectivity index (χ0n) is 16.1. The third kappa shape index (κ3) is 4.18. The van der Waals surface area contributed by atoms with E-state index in [9.17, 15) is 4.39 Å². The van der Waals surface area contributed by atoms with Crippen molar-refractivity contribution < 1.29 is 18.5 Å². The molecule has 4 rings (SSSR count). The number of nitrogens with zero attached hydrogens (tertiary/aromatic N) is 2. The molecule has 1 aromatic heterocycles. The van der Waals surface area contributed by atoms with Crippen LogP contribution in [0.25, 0.3) is 11.0 Å².